The molecule has 126 valence electrons. The van der Waals surface area contributed by atoms with Gasteiger partial charge in [-0.15, -0.1) is 0 Å². The number of ether oxygens (including phenoxy) is 1. The lowest BCUT2D eigenvalue weighted by molar-refractivity contribution is 0.0747. The van der Waals surface area contributed by atoms with Gasteiger partial charge in [0.1, 0.15) is 13.2 Å². The zero-order chi connectivity index (χ0) is 17.7. The van der Waals surface area contributed by atoms with Crippen molar-refractivity contribution in [2.24, 2.45) is 5.16 Å². The van der Waals surface area contributed by atoms with E-state index < -0.39 is 11.9 Å². The Labute approximate surface area is 149 Å². The van der Waals surface area contributed by atoms with E-state index in [4.69, 9.17) is 27.9 Å². The summed E-state index contributed by atoms with van der Waals surface area (Å²) in [6.45, 7) is 0. The van der Waals surface area contributed by atoms with Gasteiger partial charge in [-0.05, 0) is 22.9 Å². The highest BCUT2D eigenvalue weighted by Crippen LogP contribution is 2.32. The molecule has 0 aliphatic rings. The minimum absolute atomic E-state index is 0.0244. The fourth-order valence-electron chi connectivity index (χ4n) is 2.14. The van der Waals surface area contributed by atoms with Crippen LogP contribution in [0.2, 0.25) is 10.0 Å². The summed E-state index contributed by atoms with van der Waals surface area (Å²) in [5, 5.41) is 14.3. The number of rotatable bonds is 5. The number of oxime groups is 1. The molecule has 1 atom stereocenters. The lowest BCUT2D eigenvalue weighted by atomic mass is 9.98. The van der Waals surface area contributed by atoms with E-state index in [0.717, 1.165) is 0 Å². The Kier molecular flexibility index (Phi) is 6.20. The van der Waals surface area contributed by atoms with E-state index in [0.29, 0.717) is 5.56 Å². The molecule has 0 aliphatic carbocycles. The first-order valence-electron chi connectivity index (χ1n) is 6.92. The summed E-state index contributed by atoms with van der Waals surface area (Å²) in [7, 11) is 2.72. The molecule has 0 aliphatic heterocycles. The van der Waals surface area contributed by atoms with Crippen LogP contribution < -0.4 is 0 Å². The molecule has 0 fully saturated rings. The van der Waals surface area contributed by atoms with Crippen LogP contribution in [0.3, 0.4) is 0 Å². The van der Waals surface area contributed by atoms with Crippen molar-refractivity contribution in [1.29, 1.82) is 0 Å². The highest BCUT2D eigenvalue weighted by atomic mass is 35.5. The first-order valence-corrected chi connectivity index (χ1v) is 7.67. The number of nitrogens with zero attached hydrogens (tertiary/aromatic N) is 1. The largest absolute Gasteiger partial charge is 0.478 e. The van der Waals surface area contributed by atoms with E-state index in [9.17, 15) is 9.90 Å². The summed E-state index contributed by atoms with van der Waals surface area (Å²) in [6, 6.07) is 11.5. The van der Waals surface area contributed by atoms with Crippen molar-refractivity contribution in [3.63, 3.8) is 0 Å². The molecule has 0 saturated carbocycles. The van der Waals surface area contributed by atoms with E-state index in [1.54, 1.807) is 30.3 Å². The average Bonchev–Trinajstić information content (AvgIpc) is 2.60. The predicted molar refractivity (Wildman–Crippen MR) is 92.7 cm³/mol. The molecule has 2 rings (SSSR count). The molecule has 5 nitrogen and oxygen atoms in total. The number of hydrogen-bond donors (Lipinski definition) is 1. The summed E-state index contributed by atoms with van der Waals surface area (Å²) in [5.41, 5.74) is 0.787. The van der Waals surface area contributed by atoms with Gasteiger partial charge in [-0.3, -0.25) is 4.79 Å². The SMILES string of the molecule is CON=C(OC)c1c(Cl)ccc(C(=O)C(O)c2ccccc2)c1Cl. The van der Waals surface area contributed by atoms with Gasteiger partial charge in [-0.2, -0.15) is 0 Å². The van der Waals surface area contributed by atoms with Crippen molar-refractivity contribution in [2.75, 3.05) is 14.2 Å². The minimum atomic E-state index is -1.34. The molecule has 2 aromatic carbocycles. The van der Waals surface area contributed by atoms with Crippen LogP contribution in [-0.2, 0) is 9.57 Å². The molecule has 0 bridgehead atoms. The normalized spacial score (nSPS) is 12.6. The van der Waals surface area contributed by atoms with E-state index in [1.807, 2.05) is 0 Å². The van der Waals surface area contributed by atoms with E-state index >= 15 is 0 Å². The van der Waals surface area contributed by atoms with Crippen LogP contribution in [0.25, 0.3) is 0 Å². The Balaban J connectivity index is 2.48. The Morgan fingerprint density at radius 3 is 2.38 bits per heavy atom. The zero-order valence-electron chi connectivity index (χ0n) is 13.0. The molecule has 0 heterocycles. The molecule has 0 amide bonds. The third-order valence-corrected chi connectivity index (χ3v) is 4.01. The maximum atomic E-state index is 12.6. The first-order chi connectivity index (χ1) is 11.5. The van der Waals surface area contributed by atoms with E-state index in [1.165, 1.54) is 26.4 Å². The monoisotopic (exact) mass is 367 g/mol. The maximum absolute atomic E-state index is 12.6. The average molecular weight is 368 g/mol. The number of aliphatic hydroxyl groups is 1. The summed E-state index contributed by atoms with van der Waals surface area (Å²) < 4.78 is 5.10. The van der Waals surface area contributed by atoms with Crippen LogP contribution in [0.1, 0.15) is 27.6 Å². The van der Waals surface area contributed by atoms with Gasteiger partial charge in [0, 0.05) is 5.56 Å². The number of carbonyl (C=O) groups is 1. The van der Waals surface area contributed by atoms with Crippen LogP contribution in [0.4, 0.5) is 0 Å². The van der Waals surface area contributed by atoms with Crippen molar-refractivity contribution in [3.8, 4) is 0 Å². The molecule has 2 aromatic rings. The summed E-state index contributed by atoms with van der Waals surface area (Å²) in [6.07, 6.45) is -1.34. The summed E-state index contributed by atoms with van der Waals surface area (Å²) in [5.74, 6) is -0.534. The first kappa shape index (κ1) is 18.3. The number of carbonyl (C=O) groups excluding carboxylic acids is 1. The number of methoxy groups -OCH3 is 1. The Morgan fingerprint density at radius 1 is 1.12 bits per heavy atom. The van der Waals surface area contributed by atoms with Crippen molar-refractivity contribution >= 4 is 34.9 Å². The number of hydrogen-bond acceptors (Lipinski definition) is 5. The molecule has 0 saturated heterocycles. The second-order valence-corrected chi connectivity index (χ2v) is 5.53. The van der Waals surface area contributed by atoms with Crippen LogP contribution in [-0.4, -0.2) is 31.0 Å². The standard InChI is InChI=1S/C17H15Cl2NO4/c1-23-17(20-24-2)13-12(18)9-8-11(14(13)19)16(22)15(21)10-6-4-3-5-7-10/h3-9,15,21H,1-2H3. The zero-order valence-corrected chi connectivity index (χ0v) is 14.5. The number of benzene rings is 2. The molecule has 1 N–H and O–H groups in total. The quantitative estimate of drug-likeness (QED) is 0.377. The van der Waals surface area contributed by atoms with E-state index in [-0.39, 0.29) is 27.1 Å². The smallest absolute Gasteiger partial charge is 0.260 e. The van der Waals surface area contributed by atoms with Crippen LogP contribution >= 0.6 is 23.2 Å². The lowest BCUT2D eigenvalue weighted by Gasteiger charge is -2.14. The molecule has 7 heteroatoms. The molecule has 24 heavy (non-hydrogen) atoms. The maximum Gasteiger partial charge on any atom is 0.260 e. The highest BCUT2D eigenvalue weighted by Gasteiger charge is 2.25. The Morgan fingerprint density at radius 2 is 1.79 bits per heavy atom. The van der Waals surface area contributed by atoms with Crippen molar-refractivity contribution in [1.82, 2.24) is 0 Å². The van der Waals surface area contributed by atoms with E-state index in [2.05, 4.69) is 9.99 Å². The molecule has 0 radical (unpaired) electrons. The fourth-order valence-corrected chi connectivity index (χ4v) is 2.77. The number of aliphatic hydroxyl groups excluding tert-OH is 1. The number of Topliss-reactive ketones (excluding diaryl/α,β-unsaturated/α-hetero) is 1. The molecular weight excluding hydrogens is 353 g/mol. The molecule has 0 aromatic heterocycles. The third kappa shape index (κ3) is 3.70. The van der Waals surface area contributed by atoms with Gasteiger partial charge in [0.2, 0.25) is 0 Å². The van der Waals surface area contributed by atoms with Gasteiger partial charge >= 0.3 is 0 Å². The number of halogens is 2. The molecule has 0 spiro atoms. The van der Waals surface area contributed by atoms with Gasteiger partial charge in [0.25, 0.3) is 5.90 Å². The van der Waals surface area contributed by atoms with Crippen LogP contribution in [0.5, 0.6) is 0 Å². The van der Waals surface area contributed by atoms with Gasteiger partial charge in [-0.1, -0.05) is 53.5 Å². The van der Waals surface area contributed by atoms with Gasteiger partial charge < -0.3 is 14.7 Å². The Hall–Kier alpha value is -2.08. The van der Waals surface area contributed by atoms with Crippen LogP contribution in [0, 0.1) is 0 Å². The second kappa shape index (κ2) is 8.15. The van der Waals surface area contributed by atoms with Gasteiger partial charge in [0.05, 0.1) is 22.7 Å². The van der Waals surface area contributed by atoms with Crippen molar-refractivity contribution in [3.05, 3.63) is 69.2 Å². The van der Waals surface area contributed by atoms with Crippen molar-refractivity contribution in [2.45, 2.75) is 6.10 Å². The molecular formula is C17H15Cl2NO4. The van der Waals surface area contributed by atoms with Gasteiger partial charge in [0.15, 0.2) is 5.78 Å². The summed E-state index contributed by atoms with van der Waals surface area (Å²) >= 11 is 12.5. The van der Waals surface area contributed by atoms with Crippen LogP contribution in [0.15, 0.2) is 47.6 Å². The Bertz CT molecular complexity index is 763. The molecule has 1 unspecified atom stereocenters. The topological polar surface area (TPSA) is 68.1 Å². The highest BCUT2D eigenvalue weighted by molar-refractivity contribution is 6.41. The lowest BCUT2D eigenvalue weighted by Crippen LogP contribution is -2.15. The number of ketones is 1. The summed E-state index contributed by atoms with van der Waals surface area (Å²) in [4.78, 5) is 17.3. The van der Waals surface area contributed by atoms with Gasteiger partial charge in [-0.25, -0.2) is 0 Å². The second-order valence-electron chi connectivity index (χ2n) is 4.74. The van der Waals surface area contributed by atoms with Crippen molar-refractivity contribution < 1.29 is 19.5 Å². The predicted octanol–water partition coefficient (Wildman–Crippen LogP) is 3.86. The minimum Gasteiger partial charge on any atom is -0.478 e. The third-order valence-electron chi connectivity index (χ3n) is 3.30. The fraction of sp³-hybridized carbons (Fsp3) is 0.176.